The van der Waals surface area contributed by atoms with Crippen LogP contribution in [0.2, 0.25) is 0 Å². The molecular weight excluding hydrogens is 402 g/mol. The second-order valence-corrected chi connectivity index (χ2v) is 8.05. The van der Waals surface area contributed by atoms with E-state index in [2.05, 4.69) is 46.6 Å². The Hall–Kier alpha value is -3.06. The molecule has 4 rings (SSSR count). The van der Waals surface area contributed by atoms with Crippen molar-refractivity contribution < 1.29 is 8.78 Å². The number of imidazole rings is 1. The van der Waals surface area contributed by atoms with Crippen LogP contribution in [-0.4, -0.2) is 14.1 Å². The summed E-state index contributed by atoms with van der Waals surface area (Å²) in [6.07, 6.45) is 6.35. The Labute approximate surface area is 177 Å². The fourth-order valence-electron chi connectivity index (χ4n) is 3.27. The lowest BCUT2D eigenvalue weighted by Crippen LogP contribution is -2.17. The molecule has 0 saturated heterocycles. The lowest BCUT2D eigenvalue weighted by molar-refractivity contribution is 0.557. The Morgan fingerprint density at radius 3 is 2.63 bits per heavy atom. The summed E-state index contributed by atoms with van der Waals surface area (Å²) in [4.78, 5) is 9.26. The molecular formula is C23H22F2N4S. The molecule has 0 aliphatic heterocycles. The van der Waals surface area contributed by atoms with Crippen LogP contribution in [0.3, 0.4) is 0 Å². The first-order chi connectivity index (χ1) is 14.5. The monoisotopic (exact) mass is 424 g/mol. The van der Waals surface area contributed by atoms with Gasteiger partial charge in [0, 0.05) is 36.9 Å². The molecule has 2 aromatic heterocycles. The predicted octanol–water partition coefficient (Wildman–Crippen LogP) is 5.63. The molecule has 4 aromatic rings. The third kappa shape index (κ3) is 4.41. The number of halogens is 2. The van der Waals surface area contributed by atoms with Gasteiger partial charge in [-0.15, -0.1) is 11.3 Å². The number of aryl methyl sites for hydroxylation is 3. The predicted molar refractivity (Wildman–Crippen MR) is 116 cm³/mol. The first-order valence-electron chi connectivity index (χ1n) is 9.73. The third-order valence-corrected chi connectivity index (χ3v) is 5.95. The van der Waals surface area contributed by atoms with E-state index in [0.29, 0.717) is 11.3 Å². The van der Waals surface area contributed by atoms with E-state index >= 15 is 0 Å². The van der Waals surface area contributed by atoms with Crippen molar-refractivity contribution in [3.05, 3.63) is 88.1 Å². The van der Waals surface area contributed by atoms with Gasteiger partial charge in [0.15, 0.2) is 10.6 Å². The molecule has 0 spiro atoms. The van der Waals surface area contributed by atoms with E-state index in [-0.39, 0.29) is 5.69 Å². The molecule has 7 heteroatoms. The van der Waals surface area contributed by atoms with Crippen molar-refractivity contribution in [2.24, 2.45) is 4.99 Å². The first kappa shape index (κ1) is 20.2. The average Bonchev–Trinajstić information content (AvgIpc) is 3.37. The van der Waals surface area contributed by atoms with Gasteiger partial charge in [0.25, 0.3) is 0 Å². The van der Waals surface area contributed by atoms with Crippen LogP contribution in [0.1, 0.15) is 17.5 Å². The smallest absolute Gasteiger partial charge is 0.190 e. The van der Waals surface area contributed by atoms with Crippen molar-refractivity contribution >= 4 is 17.0 Å². The topological polar surface area (TPSA) is 35.1 Å². The van der Waals surface area contributed by atoms with Crippen LogP contribution in [-0.2, 0) is 13.1 Å². The van der Waals surface area contributed by atoms with Gasteiger partial charge < -0.3 is 9.13 Å². The quantitative estimate of drug-likeness (QED) is 0.395. The first-order valence-corrected chi connectivity index (χ1v) is 10.6. The van der Waals surface area contributed by atoms with Gasteiger partial charge in [-0.25, -0.2) is 18.8 Å². The molecule has 0 radical (unpaired) electrons. The minimum atomic E-state index is -0.666. The highest BCUT2D eigenvalue weighted by molar-refractivity contribution is 7.07. The maximum Gasteiger partial charge on any atom is 0.190 e. The minimum Gasteiger partial charge on any atom is -0.337 e. The van der Waals surface area contributed by atoms with Crippen molar-refractivity contribution in [2.75, 3.05) is 0 Å². The van der Waals surface area contributed by atoms with Crippen molar-refractivity contribution in [3.63, 3.8) is 0 Å². The van der Waals surface area contributed by atoms with E-state index in [0.717, 1.165) is 30.3 Å². The molecule has 0 aliphatic rings. The van der Waals surface area contributed by atoms with E-state index in [1.807, 2.05) is 16.1 Å². The zero-order valence-corrected chi connectivity index (χ0v) is 17.7. The van der Waals surface area contributed by atoms with Crippen LogP contribution in [0.25, 0.3) is 11.3 Å². The highest BCUT2D eigenvalue weighted by atomic mass is 32.1. The summed E-state index contributed by atoms with van der Waals surface area (Å²) in [5, 5.41) is 2.04. The molecule has 0 aliphatic carbocycles. The number of rotatable bonds is 6. The van der Waals surface area contributed by atoms with Gasteiger partial charge in [0.2, 0.25) is 0 Å². The van der Waals surface area contributed by atoms with E-state index in [1.165, 1.54) is 34.6 Å². The van der Waals surface area contributed by atoms with E-state index in [9.17, 15) is 8.78 Å². The Morgan fingerprint density at radius 1 is 1.03 bits per heavy atom. The molecule has 154 valence electrons. The molecule has 0 atom stereocenters. The zero-order valence-electron chi connectivity index (χ0n) is 16.8. The molecule has 2 aromatic carbocycles. The van der Waals surface area contributed by atoms with Crippen LogP contribution in [0.4, 0.5) is 14.5 Å². The summed E-state index contributed by atoms with van der Waals surface area (Å²) in [7, 11) is 0. The molecule has 0 fully saturated rings. The maximum absolute atomic E-state index is 14.2. The summed E-state index contributed by atoms with van der Waals surface area (Å²) in [6, 6.07) is 9.82. The molecule has 0 bridgehead atoms. The van der Waals surface area contributed by atoms with Crippen LogP contribution < -0.4 is 4.80 Å². The van der Waals surface area contributed by atoms with Gasteiger partial charge in [0.1, 0.15) is 11.5 Å². The summed E-state index contributed by atoms with van der Waals surface area (Å²) < 4.78 is 31.6. The van der Waals surface area contributed by atoms with Crippen molar-refractivity contribution in [1.29, 1.82) is 0 Å². The Balaban J connectivity index is 1.74. The fourth-order valence-corrected chi connectivity index (χ4v) is 4.22. The number of aromatic nitrogens is 3. The number of hydrogen-bond acceptors (Lipinski definition) is 3. The minimum absolute atomic E-state index is 0.133. The largest absolute Gasteiger partial charge is 0.337 e. The van der Waals surface area contributed by atoms with E-state index < -0.39 is 11.6 Å². The second-order valence-electron chi connectivity index (χ2n) is 7.22. The van der Waals surface area contributed by atoms with Crippen molar-refractivity contribution in [3.8, 4) is 11.3 Å². The highest BCUT2D eigenvalue weighted by Gasteiger charge is 2.11. The van der Waals surface area contributed by atoms with Crippen LogP contribution in [0.15, 0.2) is 65.5 Å². The molecule has 0 unspecified atom stereocenters. The van der Waals surface area contributed by atoms with Crippen LogP contribution in [0.5, 0.6) is 0 Å². The van der Waals surface area contributed by atoms with Crippen LogP contribution in [0, 0.1) is 25.5 Å². The van der Waals surface area contributed by atoms with E-state index in [4.69, 9.17) is 0 Å². The van der Waals surface area contributed by atoms with Gasteiger partial charge in [0.05, 0.1) is 12.0 Å². The lowest BCUT2D eigenvalue weighted by Gasteiger charge is -2.11. The van der Waals surface area contributed by atoms with Gasteiger partial charge >= 0.3 is 0 Å². The van der Waals surface area contributed by atoms with Gasteiger partial charge in [-0.3, -0.25) is 0 Å². The van der Waals surface area contributed by atoms with Crippen molar-refractivity contribution in [1.82, 2.24) is 14.1 Å². The second kappa shape index (κ2) is 8.75. The fraction of sp³-hybridized carbons (Fsp3) is 0.217. The lowest BCUT2D eigenvalue weighted by atomic mass is 10.0. The number of thiazole rings is 1. The summed E-state index contributed by atoms with van der Waals surface area (Å²) in [5.74, 6) is -1.28. The summed E-state index contributed by atoms with van der Waals surface area (Å²) in [6.45, 7) is 5.71. The normalized spacial score (nSPS) is 11.9. The van der Waals surface area contributed by atoms with Gasteiger partial charge in [-0.1, -0.05) is 12.1 Å². The van der Waals surface area contributed by atoms with Gasteiger partial charge in [-0.2, -0.15) is 0 Å². The Bertz CT molecular complexity index is 1220. The van der Waals surface area contributed by atoms with Crippen LogP contribution >= 0.6 is 11.3 Å². The molecule has 2 heterocycles. The number of hydrogen-bond donors (Lipinski definition) is 0. The zero-order chi connectivity index (χ0) is 21.1. The van der Waals surface area contributed by atoms with E-state index in [1.54, 1.807) is 12.5 Å². The standard InChI is InChI=1S/C23H22F2N4S/c1-16-4-5-18(12-17(16)2)22-14-30-23(27-21-7-6-19(24)13-20(21)25)29(22)10-3-9-28-11-8-26-15-28/h4-8,11-15H,3,9-10H2,1-2H3. The number of nitrogens with zero attached hydrogens (tertiary/aromatic N) is 4. The Morgan fingerprint density at radius 2 is 1.90 bits per heavy atom. The third-order valence-electron chi connectivity index (χ3n) is 5.08. The molecule has 0 N–H and O–H groups in total. The molecule has 4 nitrogen and oxygen atoms in total. The summed E-state index contributed by atoms with van der Waals surface area (Å²) in [5.41, 5.74) is 4.71. The number of benzene rings is 2. The van der Waals surface area contributed by atoms with Crippen molar-refractivity contribution in [2.45, 2.75) is 33.4 Å². The SMILES string of the molecule is Cc1ccc(-c2csc(=Nc3ccc(F)cc3F)n2CCCn2ccnc2)cc1C. The average molecular weight is 425 g/mol. The molecule has 0 saturated carbocycles. The molecule has 30 heavy (non-hydrogen) atoms. The molecule has 0 amide bonds. The Kier molecular flexibility index (Phi) is 5.90. The highest BCUT2D eigenvalue weighted by Crippen LogP contribution is 2.24. The van der Waals surface area contributed by atoms with Gasteiger partial charge in [-0.05, 0) is 55.2 Å². The summed E-state index contributed by atoms with van der Waals surface area (Å²) >= 11 is 1.45. The maximum atomic E-state index is 14.2.